The van der Waals surface area contributed by atoms with Gasteiger partial charge in [0.1, 0.15) is 17.0 Å². The van der Waals surface area contributed by atoms with E-state index in [1.165, 1.54) is 6.26 Å². The summed E-state index contributed by atoms with van der Waals surface area (Å²) in [5.41, 5.74) is 0. The Morgan fingerprint density at radius 3 is 2.50 bits per heavy atom. The Kier molecular flexibility index (Phi) is 5.78. The normalized spacial score (nSPS) is 16.1. The SMILES string of the molecule is C=CC(C)C(NC=O)C(=O)NS(C)=O. The van der Waals surface area contributed by atoms with Crippen LogP contribution in [-0.4, -0.2) is 28.8 Å². The average Bonchev–Trinajstić information content (AvgIpc) is 2.11. The van der Waals surface area contributed by atoms with E-state index in [1.54, 1.807) is 13.0 Å². The van der Waals surface area contributed by atoms with Gasteiger partial charge in [-0.3, -0.25) is 14.3 Å². The predicted octanol–water partition coefficient (Wildman–Crippen LogP) is -0.667. The maximum Gasteiger partial charge on any atom is 0.254 e. The Balaban J connectivity index is 4.46. The van der Waals surface area contributed by atoms with Gasteiger partial charge in [0.25, 0.3) is 5.91 Å². The highest BCUT2D eigenvalue weighted by molar-refractivity contribution is 7.82. The fraction of sp³-hybridized carbons (Fsp3) is 0.500. The highest BCUT2D eigenvalue weighted by Gasteiger charge is 2.22. The van der Waals surface area contributed by atoms with Gasteiger partial charge in [-0.15, -0.1) is 6.58 Å². The Morgan fingerprint density at radius 1 is 1.57 bits per heavy atom. The van der Waals surface area contributed by atoms with Crippen LogP contribution < -0.4 is 10.0 Å². The Bertz CT molecular complexity index is 255. The first kappa shape index (κ1) is 12.8. The first-order valence-corrected chi connectivity index (χ1v) is 5.55. The van der Waals surface area contributed by atoms with Crippen molar-refractivity contribution in [2.24, 2.45) is 5.92 Å². The van der Waals surface area contributed by atoms with Crippen LogP contribution in [0.1, 0.15) is 6.92 Å². The molecule has 2 amide bonds. The van der Waals surface area contributed by atoms with Crippen molar-refractivity contribution in [1.29, 1.82) is 0 Å². The van der Waals surface area contributed by atoms with Gasteiger partial charge >= 0.3 is 0 Å². The molecule has 3 atom stereocenters. The molecule has 0 saturated heterocycles. The van der Waals surface area contributed by atoms with E-state index < -0.39 is 22.9 Å². The molecule has 0 saturated carbocycles. The molecule has 2 N–H and O–H groups in total. The molecule has 0 rings (SSSR count). The molecule has 0 bridgehead atoms. The molecule has 0 aromatic rings. The summed E-state index contributed by atoms with van der Waals surface area (Å²) in [5, 5.41) is 2.34. The number of nitrogens with one attached hydrogen (secondary N) is 2. The van der Waals surface area contributed by atoms with Gasteiger partial charge in [-0.05, 0) is 0 Å². The number of carbonyl (C=O) groups is 2. The van der Waals surface area contributed by atoms with Crippen LogP contribution in [0.3, 0.4) is 0 Å². The van der Waals surface area contributed by atoms with Crippen molar-refractivity contribution >= 4 is 23.3 Å². The summed E-state index contributed by atoms with van der Waals surface area (Å²) in [6.07, 6.45) is 3.32. The van der Waals surface area contributed by atoms with E-state index >= 15 is 0 Å². The van der Waals surface area contributed by atoms with Crippen molar-refractivity contribution in [3.05, 3.63) is 12.7 Å². The third-order valence-electron chi connectivity index (χ3n) is 1.67. The summed E-state index contributed by atoms with van der Waals surface area (Å²) >= 11 is 0. The molecule has 6 heteroatoms. The minimum atomic E-state index is -1.43. The lowest BCUT2D eigenvalue weighted by Crippen LogP contribution is -2.47. The second-order valence-electron chi connectivity index (χ2n) is 2.78. The lowest BCUT2D eigenvalue weighted by molar-refractivity contribution is -0.124. The fourth-order valence-electron chi connectivity index (χ4n) is 0.881. The van der Waals surface area contributed by atoms with Crippen LogP contribution in [0.25, 0.3) is 0 Å². The van der Waals surface area contributed by atoms with Gasteiger partial charge in [-0.25, -0.2) is 4.21 Å². The maximum absolute atomic E-state index is 11.4. The Morgan fingerprint density at radius 2 is 2.14 bits per heavy atom. The van der Waals surface area contributed by atoms with E-state index in [9.17, 15) is 13.8 Å². The van der Waals surface area contributed by atoms with E-state index in [0.717, 1.165) is 0 Å². The van der Waals surface area contributed by atoms with Crippen LogP contribution in [0, 0.1) is 5.92 Å². The van der Waals surface area contributed by atoms with Crippen LogP contribution >= 0.6 is 0 Å². The molecule has 3 unspecified atom stereocenters. The molecular weight excluding hydrogens is 204 g/mol. The van der Waals surface area contributed by atoms with Gasteiger partial charge in [0.2, 0.25) is 6.41 Å². The van der Waals surface area contributed by atoms with Gasteiger partial charge < -0.3 is 5.32 Å². The highest BCUT2D eigenvalue weighted by Crippen LogP contribution is 2.03. The summed E-state index contributed by atoms with van der Waals surface area (Å²) in [7, 11) is -1.43. The zero-order valence-electron chi connectivity index (χ0n) is 8.15. The average molecular weight is 218 g/mol. The molecule has 0 fully saturated rings. The minimum Gasteiger partial charge on any atom is -0.346 e. The molecular formula is C8H14N2O3S. The summed E-state index contributed by atoms with van der Waals surface area (Å²) in [6.45, 7) is 5.24. The maximum atomic E-state index is 11.4. The first-order valence-electron chi connectivity index (χ1n) is 3.99. The van der Waals surface area contributed by atoms with E-state index in [1.807, 2.05) is 0 Å². The predicted molar refractivity (Wildman–Crippen MR) is 54.6 cm³/mol. The van der Waals surface area contributed by atoms with E-state index in [0.29, 0.717) is 6.41 Å². The number of carbonyl (C=O) groups excluding carboxylic acids is 2. The molecule has 0 spiro atoms. The first-order chi connectivity index (χ1) is 6.52. The molecule has 0 heterocycles. The second kappa shape index (κ2) is 6.31. The Labute approximate surface area is 85.5 Å². The smallest absolute Gasteiger partial charge is 0.254 e. The monoisotopic (exact) mass is 218 g/mol. The standard InChI is InChI=1S/C8H14N2O3S/c1-4-6(2)7(9-5-11)8(12)10-14(3)13/h4-7H,1H2,2-3H3,(H,9,11)(H,10,12). The molecule has 14 heavy (non-hydrogen) atoms. The topological polar surface area (TPSA) is 75.3 Å². The van der Waals surface area contributed by atoms with Crippen molar-refractivity contribution in [1.82, 2.24) is 10.0 Å². The largest absolute Gasteiger partial charge is 0.346 e. The number of hydrogen-bond acceptors (Lipinski definition) is 3. The van der Waals surface area contributed by atoms with Gasteiger partial charge in [0.05, 0.1) is 0 Å². The van der Waals surface area contributed by atoms with Crippen LogP contribution in [0.15, 0.2) is 12.7 Å². The number of rotatable bonds is 6. The summed E-state index contributed by atoms with van der Waals surface area (Å²) in [4.78, 5) is 21.6. The molecule has 0 aliphatic carbocycles. The van der Waals surface area contributed by atoms with Gasteiger partial charge in [0.15, 0.2) is 0 Å². The van der Waals surface area contributed by atoms with Crippen LogP contribution in [0.5, 0.6) is 0 Å². The molecule has 0 aromatic carbocycles. The molecule has 0 aliphatic heterocycles. The molecule has 80 valence electrons. The van der Waals surface area contributed by atoms with Crippen molar-refractivity contribution in [2.75, 3.05) is 6.26 Å². The Hall–Kier alpha value is -1.17. The van der Waals surface area contributed by atoms with E-state index in [2.05, 4.69) is 16.6 Å². The van der Waals surface area contributed by atoms with Crippen LogP contribution in [0.4, 0.5) is 0 Å². The van der Waals surface area contributed by atoms with Gasteiger partial charge in [-0.1, -0.05) is 13.0 Å². The number of amides is 2. The second-order valence-corrected chi connectivity index (χ2v) is 3.89. The van der Waals surface area contributed by atoms with Crippen molar-refractivity contribution in [3.8, 4) is 0 Å². The van der Waals surface area contributed by atoms with Gasteiger partial charge in [0, 0.05) is 12.2 Å². The minimum absolute atomic E-state index is 0.219. The molecule has 0 radical (unpaired) electrons. The van der Waals surface area contributed by atoms with Crippen molar-refractivity contribution in [3.63, 3.8) is 0 Å². The van der Waals surface area contributed by atoms with E-state index in [-0.39, 0.29) is 5.92 Å². The lowest BCUT2D eigenvalue weighted by Gasteiger charge is -2.18. The zero-order valence-corrected chi connectivity index (χ0v) is 8.97. The lowest BCUT2D eigenvalue weighted by atomic mass is 10.0. The highest BCUT2D eigenvalue weighted by atomic mass is 32.2. The van der Waals surface area contributed by atoms with E-state index in [4.69, 9.17) is 0 Å². The van der Waals surface area contributed by atoms with Crippen molar-refractivity contribution in [2.45, 2.75) is 13.0 Å². The zero-order chi connectivity index (χ0) is 11.1. The quantitative estimate of drug-likeness (QED) is 0.459. The number of hydrogen-bond donors (Lipinski definition) is 2. The molecule has 0 aliphatic rings. The van der Waals surface area contributed by atoms with Gasteiger partial charge in [-0.2, -0.15) is 0 Å². The summed E-state index contributed by atoms with van der Waals surface area (Å²) in [5.74, 6) is -0.700. The third-order valence-corrected chi connectivity index (χ3v) is 2.16. The molecule has 0 aromatic heterocycles. The molecule has 5 nitrogen and oxygen atoms in total. The third kappa shape index (κ3) is 4.18. The summed E-state index contributed by atoms with van der Waals surface area (Å²) < 4.78 is 12.9. The summed E-state index contributed by atoms with van der Waals surface area (Å²) in [6, 6.07) is -0.728. The van der Waals surface area contributed by atoms with Crippen LogP contribution in [0.2, 0.25) is 0 Å². The van der Waals surface area contributed by atoms with Crippen LogP contribution in [-0.2, 0) is 20.6 Å². The van der Waals surface area contributed by atoms with Crippen molar-refractivity contribution < 1.29 is 13.8 Å². The fourth-order valence-corrected chi connectivity index (χ4v) is 1.29.